The lowest BCUT2D eigenvalue weighted by molar-refractivity contribution is -0.384. The second kappa shape index (κ2) is 11.9. The number of amides is 2. The number of hydrogen-bond donors (Lipinski definition) is 2. The third-order valence-electron chi connectivity index (χ3n) is 5.13. The fraction of sp³-hybridized carbons (Fsp3) is 0.250. The van der Waals surface area contributed by atoms with E-state index in [9.17, 15) is 19.7 Å². The lowest BCUT2D eigenvalue weighted by Crippen LogP contribution is -2.19. The lowest BCUT2D eigenvalue weighted by Gasteiger charge is -2.11. The Morgan fingerprint density at radius 3 is 2.60 bits per heavy atom. The Morgan fingerprint density at radius 2 is 1.89 bits per heavy atom. The zero-order valence-corrected chi connectivity index (χ0v) is 20.3. The molecule has 11 heteroatoms. The number of hydrogen-bond acceptors (Lipinski definition) is 7. The number of aryl methyl sites for hydroxylation is 2. The first kappa shape index (κ1) is 25.6. The minimum atomic E-state index is -0.514. The Kier molecular flexibility index (Phi) is 8.74. The average Bonchev–Trinajstić information content (AvgIpc) is 3.20. The number of non-ortho nitro benzene ring substituents is 1. The van der Waals surface area contributed by atoms with Gasteiger partial charge in [-0.05, 0) is 30.5 Å². The molecule has 0 aliphatic heterocycles. The molecule has 35 heavy (non-hydrogen) atoms. The number of rotatable bonds is 11. The van der Waals surface area contributed by atoms with Gasteiger partial charge >= 0.3 is 0 Å². The van der Waals surface area contributed by atoms with Crippen molar-refractivity contribution in [2.75, 3.05) is 16.4 Å². The van der Waals surface area contributed by atoms with Gasteiger partial charge in [-0.25, -0.2) is 0 Å². The molecule has 0 aliphatic carbocycles. The molecule has 2 amide bonds. The van der Waals surface area contributed by atoms with Crippen LogP contribution in [0.25, 0.3) is 0 Å². The molecular weight excluding hydrogens is 468 g/mol. The summed E-state index contributed by atoms with van der Waals surface area (Å²) in [6.45, 7) is 7.89. The number of thioether (sulfide) groups is 1. The number of nitrogens with zero attached hydrogens (tertiary/aromatic N) is 4. The molecular formula is C24H26N6O4S. The van der Waals surface area contributed by atoms with Crippen LogP contribution in [0.4, 0.5) is 17.1 Å². The average molecular weight is 495 g/mol. The summed E-state index contributed by atoms with van der Waals surface area (Å²) in [7, 11) is 0. The molecule has 0 bridgehead atoms. The highest BCUT2D eigenvalue weighted by molar-refractivity contribution is 7.99. The van der Waals surface area contributed by atoms with Crippen LogP contribution >= 0.6 is 11.8 Å². The van der Waals surface area contributed by atoms with Gasteiger partial charge in [0.05, 0.1) is 22.8 Å². The number of nitro groups is 1. The highest BCUT2D eigenvalue weighted by Crippen LogP contribution is 2.23. The van der Waals surface area contributed by atoms with E-state index in [0.29, 0.717) is 28.8 Å². The Labute approximate surface area is 207 Å². The molecule has 182 valence electrons. The van der Waals surface area contributed by atoms with E-state index in [-0.39, 0.29) is 29.7 Å². The Bertz CT molecular complexity index is 1260. The lowest BCUT2D eigenvalue weighted by atomic mass is 10.1. The molecule has 10 nitrogen and oxygen atoms in total. The Balaban J connectivity index is 1.65. The number of nitro benzene ring substituents is 1. The molecule has 0 saturated carbocycles. The molecule has 0 saturated heterocycles. The zero-order chi connectivity index (χ0) is 25.4. The minimum Gasteiger partial charge on any atom is -0.325 e. The molecule has 2 aromatic carbocycles. The van der Waals surface area contributed by atoms with Gasteiger partial charge in [0.1, 0.15) is 5.82 Å². The van der Waals surface area contributed by atoms with Crippen molar-refractivity contribution in [1.29, 1.82) is 0 Å². The summed E-state index contributed by atoms with van der Waals surface area (Å²) in [5.74, 6) is -0.108. The van der Waals surface area contributed by atoms with Crippen LogP contribution in [0.1, 0.15) is 23.9 Å². The van der Waals surface area contributed by atoms with E-state index >= 15 is 0 Å². The molecule has 3 aromatic rings. The number of allylic oxidation sites excluding steroid dienone is 1. The first-order valence-corrected chi connectivity index (χ1v) is 11.9. The van der Waals surface area contributed by atoms with Gasteiger partial charge in [-0.3, -0.25) is 19.7 Å². The number of aromatic nitrogens is 3. The molecule has 0 unspecified atom stereocenters. The number of carbonyl (C=O) groups is 2. The maximum absolute atomic E-state index is 12.7. The van der Waals surface area contributed by atoms with Crippen molar-refractivity contribution in [3.8, 4) is 0 Å². The number of carbonyl (C=O) groups excluding carboxylic acids is 2. The summed E-state index contributed by atoms with van der Waals surface area (Å²) >= 11 is 1.15. The van der Waals surface area contributed by atoms with E-state index in [0.717, 1.165) is 29.4 Å². The van der Waals surface area contributed by atoms with Gasteiger partial charge in [0.25, 0.3) is 5.69 Å². The summed E-state index contributed by atoms with van der Waals surface area (Å²) in [4.78, 5) is 35.6. The van der Waals surface area contributed by atoms with Gasteiger partial charge in [-0.2, -0.15) is 0 Å². The molecule has 0 atom stereocenters. The van der Waals surface area contributed by atoms with Crippen LogP contribution in [0.2, 0.25) is 0 Å². The zero-order valence-electron chi connectivity index (χ0n) is 19.5. The topological polar surface area (TPSA) is 132 Å². The van der Waals surface area contributed by atoms with Gasteiger partial charge in [0.2, 0.25) is 11.8 Å². The van der Waals surface area contributed by atoms with Crippen LogP contribution in [0.5, 0.6) is 0 Å². The molecule has 0 spiro atoms. The summed E-state index contributed by atoms with van der Waals surface area (Å²) < 4.78 is 1.73. The first-order valence-electron chi connectivity index (χ1n) is 10.9. The van der Waals surface area contributed by atoms with Crippen LogP contribution < -0.4 is 10.6 Å². The fourth-order valence-corrected chi connectivity index (χ4v) is 4.10. The highest BCUT2D eigenvalue weighted by atomic mass is 32.2. The second-order valence-electron chi connectivity index (χ2n) is 7.63. The Hall–Kier alpha value is -3.99. The molecule has 0 radical (unpaired) electrons. The van der Waals surface area contributed by atoms with E-state index in [2.05, 4.69) is 27.4 Å². The van der Waals surface area contributed by atoms with E-state index < -0.39 is 4.92 Å². The Morgan fingerprint density at radius 1 is 1.14 bits per heavy atom. The maximum Gasteiger partial charge on any atom is 0.271 e. The van der Waals surface area contributed by atoms with Crippen molar-refractivity contribution in [2.24, 2.45) is 0 Å². The summed E-state index contributed by atoms with van der Waals surface area (Å²) in [6, 6.07) is 11.9. The molecule has 1 heterocycles. The van der Waals surface area contributed by atoms with Gasteiger partial charge in [-0.1, -0.05) is 49.0 Å². The van der Waals surface area contributed by atoms with Crippen LogP contribution in [-0.2, 0) is 29.0 Å². The van der Waals surface area contributed by atoms with E-state index in [4.69, 9.17) is 0 Å². The van der Waals surface area contributed by atoms with Crippen molar-refractivity contribution in [3.05, 3.63) is 82.2 Å². The standard InChI is InChI=1S/C24H26N6O4S/c1-4-12-29-21(14-22(31)25-19-9-7-6-8-17(19)5-2)27-28-24(29)35-15-23(32)26-20-13-18(30(33)34)11-10-16(20)3/h4,6-11,13H,1,5,12,14-15H2,2-3H3,(H,25,31)(H,26,32). The predicted molar refractivity (Wildman–Crippen MR) is 136 cm³/mol. The van der Waals surface area contributed by atoms with Gasteiger partial charge in [-0.15, -0.1) is 16.8 Å². The first-order chi connectivity index (χ1) is 16.8. The molecule has 2 N–H and O–H groups in total. The predicted octanol–water partition coefficient (Wildman–Crippen LogP) is 4.16. The highest BCUT2D eigenvalue weighted by Gasteiger charge is 2.18. The summed E-state index contributed by atoms with van der Waals surface area (Å²) in [6.07, 6.45) is 2.47. The normalized spacial score (nSPS) is 10.6. The third kappa shape index (κ3) is 6.76. The van der Waals surface area contributed by atoms with Crippen molar-refractivity contribution in [3.63, 3.8) is 0 Å². The van der Waals surface area contributed by atoms with Crippen molar-refractivity contribution in [2.45, 2.75) is 38.4 Å². The summed E-state index contributed by atoms with van der Waals surface area (Å²) in [5, 5.41) is 25.4. The van der Waals surface area contributed by atoms with Crippen molar-refractivity contribution < 1.29 is 14.5 Å². The number of benzene rings is 2. The maximum atomic E-state index is 12.7. The van der Waals surface area contributed by atoms with Crippen LogP contribution in [0.15, 0.2) is 60.3 Å². The number of anilines is 2. The van der Waals surface area contributed by atoms with Gasteiger partial charge in [0, 0.05) is 24.4 Å². The van der Waals surface area contributed by atoms with Crippen molar-refractivity contribution >= 4 is 40.6 Å². The van der Waals surface area contributed by atoms with Crippen LogP contribution in [0.3, 0.4) is 0 Å². The molecule has 0 fully saturated rings. The van der Waals surface area contributed by atoms with E-state index in [1.807, 2.05) is 31.2 Å². The summed E-state index contributed by atoms with van der Waals surface area (Å²) in [5.41, 5.74) is 2.78. The smallest absolute Gasteiger partial charge is 0.271 e. The molecule has 1 aromatic heterocycles. The molecule has 0 aliphatic rings. The van der Waals surface area contributed by atoms with Gasteiger partial charge < -0.3 is 15.2 Å². The van der Waals surface area contributed by atoms with Crippen LogP contribution in [0, 0.1) is 17.0 Å². The largest absolute Gasteiger partial charge is 0.325 e. The fourth-order valence-electron chi connectivity index (χ4n) is 3.33. The molecule has 3 rings (SSSR count). The third-order valence-corrected chi connectivity index (χ3v) is 6.10. The van der Waals surface area contributed by atoms with Gasteiger partial charge in [0.15, 0.2) is 5.16 Å². The van der Waals surface area contributed by atoms with Crippen molar-refractivity contribution in [1.82, 2.24) is 14.8 Å². The van der Waals surface area contributed by atoms with E-state index in [1.54, 1.807) is 23.6 Å². The van der Waals surface area contributed by atoms with Crippen LogP contribution in [-0.4, -0.2) is 37.3 Å². The SMILES string of the molecule is C=CCn1c(CC(=O)Nc2ccccc2CC)nnc1SCC(=O)Nc1cc([N+](=O)[O-])ccc1C. The number of para-hydroxylation sites is 1. The second-order valence-corrected chi connectivity index (χ2v) is 8.57. The quantitative estimate of drug-likeness (QED) is 0.177. The number of nitrogens with one attached hydrogen (secondary N) is 2. The minimum absolute atomic E-state index is 0.00742. The monoisotopic (exact) mass is 494 g/mol. The van der Waals surface area contributed by atoms with E-state index in [1.165, 1.54) is 12.1 Å².